The zero-order valence-electron chi connectivity index (χ0n) is 11.2. The van der Waals surface area contributed by atoms with Gasteiger partial charge in [0.25, 0.3) is 5.91 Å². The lowest BCUT2D eigenvalue weighted by atomic mass is 9.98. The lowest BCUT2D eigenvalue weighted by Crippen LogP contribution is -2.50. The Morgan fingerprint density at radius 3 is 2.70 bits per heavy atom. The molecule has 3 amide bonds. The summed E-state index contributed by atoms with van der Waals surface area (Å²) in [7, 11) is 0. The van der Waals surface area contributed by atoms with E-state index in [1.165, 1.54) is 12.8 Å². The maximum Gasteiger partial charge on any atom is 0.328 e. The van der Waals surface area contributed by atoms with Crippen molar-refractivity contribution in [1.82, 2.24) is 15.5 Å². The van der Waals surface area contributed by atoms with E-state index in [9.17, 15) is 14.4 Å². The van der Waals surface area contributed by atoms with E-state index in [-0.39, 0.29) is 6.04 Å². The number of carbonyl (C=O) groups is 3. The van der Waals surface area contributed by atoms with Crippen LogP contribution in [0, 0.1) is 0 Å². The van der Waals surface area contributed by atoms with Gasteiger partial charge < -0.3 is 15.3 Å². The quantitative estimate of drug-likeness (QED) is 0.636. The summed E-state index contributed by atoms with van der Waals surface area (Å²) in [6.07, 6.45) is 5.68. The van der Waals surface area contributed by atoms with E-state index in [1.807, 2.05) is 0 Å². The number of hydrogen-bond donors (Lipinski definition) is 3. The van der Waals surface area contributed by atoms with Crippen molar-refractivity contribution in [3.63, 3.8) is 0 Å². The molecule has 0 bridgehead atoms. The highest BCUT2D eigenvalue weighted by Gasteiger charge is 2.32. The van der Waals surface area contributed by atoms with Crippen molar-refractivity contribution in [3.05, 3.63) is 12.2 Å². The fourth-order valence-electron chi connectivity index (χ4n) is 2.88. The molecular formula is C13H19N3O4. The number of imide groups is 1. The molecule has 0 aromatic heterocycles. The van der Waals surface area contributed by atoms with Gasteiger partial charge in [-0.15, -0.1) is 0 Å². The van der Waals surface area contributed by atoms with Crippen LogP contribution in [-0.2, 0) is 9.59 Å². The molecule has 0 aromatic carbocycles. The number of nitrogens with zero attached hydrogens (tertiary/aromatic N) is 1. The fraction of sp³-hybridized carbons (Fsp3) is 0.615. The molecule has 7 heteroatoms. The second kappa shape index (κ2) is 6.51. The predicted molar refractivity (Wildman–Crippen MR) is 71.1 cm³/mol. The summed E-state index contributed by atoms with van der Waals surface area (Å²) in [6, 6.07) is 0.0451. The number of carboxylic acid groups (broad SMARTS) is 1. The van der Waals surface area contributed by atoms with Gasteiger partial charge in [0.15, 0.2) is 0 Å². The minimum Gasteiger partial charge on any atom is -0.478 e. The highest BCUT2D eigenvalue weighted by Crippen LogP contribution is 2.26. The standard InChI is InChI=1S/C13H19N3O4/c17-11(3-4-12(18)19)15-13(20)14-9-5-7-16-6-1-2-10(16)8-9/h3-4,9-10H,1-2,5-8H2,(H,18,19)(H2,14,15,17,20)/b4-3+. The van der Waals surface area contributed by atoms with Crippen LogP contribution in [0.2, 0.25) is 0 Å². The summed E-state index contributed by atoms with van der Waals surface area (Å²) >= 11 is 0. The lowest BCUT2D eigenvalue weighted by Gasteiger charge is -2.34. The van der Waals surface area contributed by atoms with Crippen molar-refractivity contribution in [1.29, 1.82) is 0 Å². The molecule has 3 N–H and O–H groups in total. The van der Waals surface area contributed by atoms with Crippen LogP contribution in [0.5, 0.6) is 0 Å². The molecule has 2 rings (SSSR count). The first-order valence-electron chi connectivity index (χ1n) is 6.81. The molecule has 0 aromatic rings. The molecule has 2 fully saturated rings. The maximum atomic E-state index is 11.6. The summed E-state index contributed by atoms with van der Waals surface area (Å²) in [6.45, 7) is 2.12. The van der Waals surface area contributed by atoms with Crippen LogP contribution in [0.4, 0.5) is 4.79 Å². The molecule has 2 atom stereocenters. The number of hydrogen-bond acceptors (Lipinski definition) is 4. The van der Waals surface area contributed by atoms with Crippen molar-refractivity contribution in [3.8, 4) is 0 Å². The van der Waals surface area contributed by atoms with E-state index in [1.54, 1.807) is 0 Å². The molecule has 0 aliphatic carbocycles. The molecule has 2 aliphatic heterocycles. The third kappa shape index (κ3) is 4.06. The number of amides is 3. The first kappa shape index (κ1) is 14.5. The molecule has 0 spiro atoms. The zero-order chi connectivity index (χ0) is 14.5. The van der Waals surface area contributed by atoms with Gasteiger partial charge in [-0.1, -0.05) is 0 Å². The average Bonchev–Trinajstić information content (AvgIpc) is 2.83. The second-order valence-corrected chi connectivity index (χ2v) is 5.19. The summed E-state index contributed by atoms with van der Waals surface area (Å²) < 4.78 is 0. The summed E-state index contributed by atoms with van der Waals surface area (Å²) in [5, 5.41) is 13.2. The van der Waals surface area contributed by atoms with Gasteiger partial charge in [0, 0.05) is 30.8 Å². The number of carbonyl (C=O) groups excluding carboxylic acids is 2. The number of rotatable bonds is 3. The van der Waals surface area contributed by atoms with Gasteiger partial charge in [0.2, 0.25) is 0 Å². The molecule has 0 radical (unpaired) electrons. The van der Waals surface area contributed by atoms with Crippen LogP contribution in [0.3, 0.4) is 0 Å². The largest absolute Gasteiger partial charge is 0.478 e. The van der Waals surface area contributed by atoms with E-state index >= 15 is 0 Å². The van der Waals surface area contributed by atoms with Gasteiger partial charge in [-0.25, -0.2) is 9.59 Å². The molecule has 2 aliphatic rings. The number of nitrogens with one attached hydrogen (secondary N) is 2. The molecule has 20 heavy (non-hydrogen) atoms. The Morgan fingerprint density at radius 2 is 1.95 bits per heavy atom. The number of urea groups is 1. The maximum absolute atomic E-state index is 11.6. The predicted octanol–water partition coefficient (Wildman–Crippen LogP) is 0.0798. The highest BCUT2D eigenvalue weighted by atomic mass is 16.4. The minimum absolute atomic E-state index is 0.0746. The summed E-state index contributed by atoms with van der Waals surface area (Å²) in [4.78, 5) is 35.6. The lowest BCUT2D eigenvalue weighted by molar-refractivity contribution is -0.131. The molecule has 2 heterocycles. The van der Waals surface area contributed by atoms with Crippen molar-refractivity contribution >= 4 is 17.9 Å². The Labute approximate surface area is 117 Å². The third-order valence-electron chi connectivity index (χ3n) is 3.77. The fourth-order valence-corrected chi connectivity index (χ4v) is 2.88. The van der Waals surface area contributed by atoms with Crippen LogP contribution < -0.4 is 10.6 Å². The summed E-state index contributed by atoms with van der Waals surface area (Å²) in [5.74, 6) is -1.96. The Balaban J connectivity index is 1.74. The molecule has 110 valence electrons. The van der Waals surface area contributed by atoms with Gasteiger partial charge >= 0.3 is 12.0 Å². The van der Waals surface area contributed by atoms with E-state index in [2.05, 4.69) is 15.5 Å². The minimum atomic E-state index is -1.23. The summed E-state index contributed by atoms with van der Waals surface area (Å²) in [5.41, 5.74) is 0. The van der Waals surface area contributed by atoms with E-state index in [0.29, 0.717) is 12.1 Å². The first-order chi connectivity index (χ1) is 9.54. The van der Waals surface area contributed by atoms with Crippen molar-refractivity contribution in [2.24, 2.45) is 0 Å². The monoisotopic (exact) mass is 281 g/mol. The SMILES string of the molecule is O=C(O)/C=C/C(=O)NC(=O)NC1CCN2CCCC2C1. The van der Waals surface area contributed by atoms with Crippen LogP contribution in [-0.4, -0.2) is 53.1 Å². The van der Waals surface area contributed by atoms with Gasteiger partial charge in [-0.2, -0.15) is 0 Å². The number of carboxylic acids is 1. The van der Waals surface area contributed by atoms with Crippen molar-refractivity contribution in [2.45, 2.75) is 37.8 Å². The molecular weight excluding hydrogens is 262 g/mol. The number of fused-ring (bicyclic) bond motifs is 1. The van der Waals surface area contributed by atoms with Gasteiger partial charge in [-0.05, 0) is 32.2 Å². The molecule has 7 nitrogen and oxygen atoms in total. The van der Waals surface area contributed by atoms with Crippen LogP contribution >= 0.6 is 0 Å². The smallest absolute Gasteiger partial charge is 0.328 e. The Morgan fingerprint density at radius 1 is 1.15 bits per heavy atom. The molecule has 2 unspecified atom stereocenters. The van der Waals surface area contributed by atoms with Crippen LogP contribution in [0.1, 0.15) is 25.7 Å². The van der Waals surface area contributed by atoms with E-state index in [4.69, 9.17) is 5.11 Å². The highest BCUT2D eigenvalue weighted by molar-refractivity contribution is 6.02. The van der Waals surface area contributed by atoms with Crippen molar-refractivity contribution < 1.29 is 19.5 Å². The van der Waals surface area contributed by atoms with E-state index in [0.717, 1.165) is 32.0 Å². The van der Waals surface area contributed by atoms with Crippen LogP contribution in [0.15, 0.2) is 12.2 Å². The zero-order valence-corrected chi connectivity index (χ0v) is 11.2. The first-order valence-corrected chi connectivity index (χ1v) is 6.81. The second-order valence-electron chi connectivity index (χ2n) is 5.19. The topological polar surface area (TPSA) is 98.7 Å². The van der Waals surface area contributed by atoms with E-state index < -0.39 is 17.9 Å². The normalized spacial score (nSPS) is 26.2. The van der Waals surface area contributed by atoms with Crippen molar-refractivity contribution in [2.75, 3.05) is 13.1 Å². The third-order valence-corrected chi connectivity index (χ3v) is 3.77. The Hall–Kier alpha value is -1.89. The number of aliphatic carboxylic acids is 1. The van der Waals surface area contributed by atoms with Gasteiger partial charge in [0.05, 0.1) is 0 Å². The molecule has 2 saturated heterocycles. The van der Waals surface area contributed by atoms with Gasteiger partial charge in [-0.3, -0.25) is 10.1 Å². The Kier molecular flexibility index (Phi) is 4.73. The molecule has 0 saturated carbocycles. The average molecular weight is 281 g/mol. The van der Waals surface area contributed by atoms with Gasteiger partial charge in [0.1, 0.15) is 0 Å². The number of piperidine rings is 1. The van der Waals surface area contributed by atoms with Crippen LogP contribution in [0.25, 0.3) is 0 Å². The Bertz CT molecular complexity index is 435.